The molecule has 0 spiro atoms. The molecule has 0 radical (unpaired) electrons. The van der Waals surface area contributed by atoms with Gasteiger partial charge < -0.3 is 20.4 Å². The molecule has 1 saturated carbocycles. The quantitative estimate of drug-likeness (QED) is 0.605. The fraction of sp³-hybridized carbons (Fsp3) is 0.789. The Morgan fingerprint density at radius 2 is 2.12 bits per heavy atom. The molecule has 26 heavy (non-hydrogen) atoms. The first-order valence-corrected chi connectivity index (χ1v) is 11.0. The van der Waals surface area contributed by atoms with Crippen LogP contribution in [0, 0.1) is 17.8 Å². The number of aliphatic hydroxyl groups excluding tert-OH is 1. The molecule has 0 aromatic rings. The zero-order chi connectivity index (χ0) is 18.4. The van der Waals surface area contributed by atoms with Gasteiger partial charge >= 0.3 is 5.97 Å². The molecule has 144 valence electrons. The van der Waals surface area contributed by atoms with E-state index in [9.17, 15) is 19.8 Å². The van der Waals surface area contributed by atoms with Gasteiger partial charge in [0.15, 0.2) is 0 Å². The number of β-lactam (4-membered cyclic amide) rings is 1. The molecule has 3 aliphatic heterocycles. The highest BCUT2D eigenvalue weighted by Gasteiger charge is 2.62. The van der Waals surface area contributed by atoms with Crippen molar-refractivity contribution < 1.29 is 19.8 Å². The van der Waals surface area contributed by atoms with Crippen molar-refractivity contribution in [3.05, 3.63) is 11.3 Å². The molecule has 6 nitrogen and oxygen atoms in total. The Bertz CT molecular complexity index is 629. The Labute approximate surface area is 158 Å². The predicted octanol–water partition coefficient (Wildman–Crippen LogP) is 1.45. The molecule has 1 amide bonds. The van der Waals surface area contributed by atoms with Crippen LogP contribution in [-0.4, -0.2) is 63.2 Å². The highest BCUT2D eigenvalue weighted by Crippen LogP contribution is 2.54. The van der Waals surface area contributed by atoms with Gasteiger partial charge in [-0.25, -0.2) is 4.79 Å². The maximum Gasteiger partial charge on any atom is 0.352 e. The summed E-state index contributed by atoms with van der Waals surface area (Å²) >= 11 is 1.91. The number of carboxylic acid groups (broad SMARTS) is 1. The van der Waals surface area contributed by atoms with E-state index in [1.54, 1.807) is 6.92 Å². The molecule has 3 fully saturated rings. The van der Waals surface area contributed by atoms with E-state index in [1.807, 2.05) is 11.8 Å². The normalized spacial score (nSPS) is 37.4. The van der Waals surface area contributed by atoms with Crippen LogP contribution in [0.15, 0.2) is 11.3 Å². The summed E-state index contributed by atoms with van der Waals surface area (Å²) in [5.74, 6) is 0.696. The molecule has 0 aromatic heterocycles. The van der Waals surface area contributed by atoms with Crippen LogP contribution in [0.1, 0.15) is 39.0 Å². The number of nitrogens with zero attached hydrogens (tertiary/aromatic N) is 1. The Hall–Kier alpha value is -1.05. The first-order valence-electron chi connectivity index (χ1n) is 9.80. The lowest BCUT2D eigenvalue weighted by molar-refractivity contribution is -0.163. The Morgan fingerprint density at radius 1 is 1.31 bits per heavy atom. The number of rotatable bonds is 6. The minimum atomic E-state index is -0.987. The Kier molecular flexibility index (Phi) is 5.05. The number of hydrogen-bond acceptors (Lipinski definition) is 5. The summed E-state index contributed by atoms with van der Waals surface area (Å²) in [6.07, 6.45) is 4.74. The van der Waals surface area contributed by atoms with E-state index < -0.39 is 18.0 Å². The Morgan fingerprint density at radius 3 is 2.77 bits per heavy atom. The molecule has 1 unspecified atom stereocenters. The third-order valence-electron chi connectivity index (χ3n) is 6.55. The topological polar surface area (TPSA) is 89.9 Å². The van der Waals surface area contributed by atoms with Gasteiger partial charge in [-0.1, -0.05) is 6.42 Å². The number of carboxylic acids is 1. The van der Waals surface area contributed by atoms with Crippen molar-refractivity contribution in [1.29, 1.82) is 0 Å². The van der Waals surface area contributed by atoms with Gasteiger partial charge in [0.25, 0.3) is 0 Å². The van der Waals surface area contributed by atoms with E-state index >= 15 is 0 Å². The summed E-state index contributed by atoms with van der Waals surface area (Å²) in [4.78, 5) is 25.9. The van der Waals surface area contributed by atoms with Crippen LogP contribution in [-0.2, 0) is 9.59 Å². The number of hydrogen-bond donors (Lipinski definition) is 3. The second-order valence-corrected chi connectivity index (χ2v) is 9.21. The van der Waals surface area contributed by atoms with Crippen molar-refractivity contribution in [2.24, 2.45) is 17.8 Å². The molecule has 2 saturated heterocycles. The molecular weight excluding hydrogens is 352 g/mol. The third kappa shape index (κ3) is 2.88. The monoisotopic (exact) mass is 380 g/mol. The zero-order valence-corrected chi connectivity index (χ0v) is 16.0. The lowest BCUT2D eigenvalue weighted by Crippen LogP contribution is -2.64. The minimum absolute atomic E-state index is 0.113. The van der Waals surface area contributed by atoms with Crippen LogP contribution < -0.4 is 5.32 Å². The van der Waals surface area contributed by atoms with Crippen molar-refractivity contribution in [3.8, 4) is 0 Å². The van der Waals surface area contributed by atoms with Gasteiger partial charge in [-0.15, -0.1) is 0 Å². The Balaban J connectivity index is 1.52. The summed E-state index contributed by atoms with van der Waals surface area (Å²) < 4.78 is 0. The van der Waals surface area contributed by atoms with E-state index in [4.69, 9.17) is 0 Å². The van der Waals surface area contributed by atoms with Crippen molar-refractivity contribution in [2.75, 3.05) is 18.1 Å². The maximum absolute atomic E-state index is 12.5. The van der Waals surface area contributed by atoms with Crippen molar-refractivity contribution in [2.45, 2.75) is 57.2 Å². The second-order valence-electron chi connectivity index (χ2n) is 8.14. The van der Waals surface area contributed by atoms with Gasteiger partial charge in [0.2, 0.25) is 5.91 Å². The van der Waals surface area contributed by atoms with Gasteiger partial charge in [-0.05, 0) is 56.4 Å². The fourth-order valence-electron chi connectivity index (χ4n) is 5.43. The number of fused-ring (bicyclic) bond motifs is 3. The summed E-state index contributed by atoms with van der Waals surface area (Å²) in [6, 6.07) is 0.435. The summed E-state index contributed by atoms with van der Waals surface area (Å²) in [7, 11) is 0. The zero-order valence-electron chi connectivity index (χ0n) is 15.2. The van der Waals surface area contributed by atoms with Crippen LogP contribution in [0.3, 0.4) is 0 Å². The smallest absolute Gasteiger partial charge is 0.352 e. The van der Waals surface area contributed by atoms with Crippen LogP contribution in [0.25, 0.3) is 0 Å². The van der Waals surface area contributed by atoms with Crippen LogP contribution in [0.5, 0.6) is 0 Å². The van der Waals surface area contributed by atoms with Crippen LogP contribution in [0.4, 0.5) is 0 Å². The number of nitrogens with one attached hydrogen (secondary N) is 1. The van der Waals surface area contributed by atoms with Gasteiger partial charge in [0.1, 0.15) is 5.70 Å². The molecule has 4 rings (SSSR count). The summed E-state index contributed by atoms with van der Waals surface area (Å²) in [5, 5.41) is 23.3. The van der Waals surface area contributed by atoms with E-state index in [-0.39, 0.29) is 29.5 Å². The van der Waals surface area contributed by atoms with Crippen molar-refractivity contribution >= 4 is 23.6 Å². The molecule has 0 bridgehead atoms. The molecule has 7 heteroatoms. The number of thioether (sulfide) groups is 1. The van der Waals surface area contributed by atoms with Gasteiger partial charge in [0.05, 0.1) is 18.1 Å². The molecule has 3 N–H and O–H groups in total. The van der Waals surface area contributed by atoms with Crippen LogP contribution in [0.2, 0.25) is 0 Å². The number of amides is 1. The number of carbonyl (C=O) groups is 2. The molecule has 3 heterocycles. The lowest BCUT2D eigenvalue weighted by atomic mass is 9.70. The highest BCUT2D eigenvalue weighted by atomic mass is 32.2. The predicted molar refractivity (Wildman–Crippen MR) is 99.6 cm³/mol. The third-order valence-corrected chi connectivity index (χ3v) is 7.82. The summed E-state index contributed by atoms with van der Waals surface area (Å²) in [5.41, 5.74) is 1.21. The van der Waals surface area contributed by atoms with Gasteiger partial charge in [-0.2, -0.15) is 11.8 Å². The maximum atomic E-state index is 12.5. The first kappa shape index (κ1) is 18.3. The fourth-order valence-corrected chi connectivity index (χ4v) is 6.76. The van der Waals surface area contributed by atoms with Crippen molar-refractivity contribution in [3.63, 3.8) is 0 Å². The standard InChI is InChI=1S/C19H28N2O4S/c1-10(22)14-16-13-6-2-4-11(8-26-9-12-5-3-7-20-12)15(13)17(19(24)25)21(16)18(14)23/h10-14,16,20,22H,2-9H2,1H3,(H,24,25)/t10-,11+,12?,13+,14-,16-/m1/s1. The molecule has 6 atom stereocenters. The van der Waals surface area contributed by atoms with E-state index in [1.165, 1.54) is 17.7 Å². The summed E-state index contributed by atoms with van der Waals surface area (Å²) in [6.45, 7) is 2.74. The molecule has 1 aliphatic carbocycles. The van der Waals surface area contributed by atoms with Crippen LogP contribution >= 0.6 is 11.8 Å². The molecule has 0 aromatic carbocycles. The van der Waals surface area contributed by atoms with Gasteiger partial charge in [0, 0.05) is 17.7 Å². The number of carbonyl (C=O) groups excluding carboxylic acids is 1. The average molecular weight is 381 g/mol. The van der Waals surface area contributed by atoms with E-state index in [2.05, 4.69) is 5.32 Å². The van der Waals surface area contributed by atoms with Crippen molar-refractivity contribution in [1.82, 2.24) is 10.2 Å². The first-order chi connectivity index (χ1) is 12.5. The number of aliphatic carboxylic acids is 1. The number of aliphatic hydroxyl groups is 1. The van der Waals surface area contributed by atoms with Gasteiger partial charge in [-0.3, -0.25) is 4.79 Å². The molecule has 4 aliphatic rings. The van der Waals surface area contributed by atoms with E-state index in [0.717, 1.165) is 42.9 Å². The largest absolute Gasteiger partial charge is 0.477 e. The van der Waals surface area contributed by atoms with E-state index in [0.29, 0.717) is 6.04 Å². The minimum Gasteiger partial charge on any atom is -0.477 e. The lowest BCUT2D eigenvalue weighted by Gasteiger charge is -2.47. The SMILES string of the molecule is C[C@@H](O)[C@H]1C(=O)N2C(C(=O)O)=C3[C@H](CSCC4CCCN4)CCC[C@@H]3[C@H]12. The highest BCUT2D eigenvalue weighted by molar-refractivity contribution is 7.99. The molecular formula is C19H28N2O4S. The second kappa shape index (κ2) is 7.17. The average Bonchev–Trinajstić information content (AvgIpc) is 3.19.